The number of halogens is 2. The Balaban J connectivity index is 2.21. The summed E-state index contributed by atoms with van der Waals surface area (Å²) >= 11 is 5.59. The van der Waals surface area contributed by atoms with Gasteiger partial charge < -0.3 is 25.8 Å². The Labute approximate surface area is 108 Å². The summed E-state index contributed by atoms with van der Waals surface area (Å²) < 4.78 is 18.0. The van der Waals surface area contributed by atoms with Crippen LogP contribution in [0.1, 0.15) is 11.7 Å². The summed E-state index contributed by atoms with van der Waals surface area (Å²) in [5.41, 5.74) is 5.67. The standard InChI is InChI=1S/C11H13ClFNO4/c12-5-3-4(1-2-6(5)13)7(15)10-8(16)9(17)11(14)18-10/h1-3,7-11,15-17H,14H2/t7-,8+,9-,10-,11-/m1/s1. The lowest BCUT2D eigenvalue weighted by Crippen LogP contribution is -2.37. The number of nitrogens with two attached hydrogens (primary N) is 1. The van der Waals surface area contributed by atoms with Crippen molar-refractivity contribution in [3.63, 3.8) is 0 Å². The minimum Gasteiger partial charge on any atom is -0.387 e. The fourth-order valence-corrected chi connectivity index (χ4v) is 2.07. The second-order valence-corrected chi connectivity index (χ2v) is 4.57. The molecular weight excluding hydrogens is 265 g/mol. The van der Waals surface area contributed by atoms with Crippen LogP contribution in [0.15, 0.2) is 18.2 Å². The number of benzene rings is 1. The van der Waals surface area contributed by atoms with Gasteiger partial charge in [0.1, 0.15) is 36.5 Å². The van der Waals surface area contributed by atoms with Crippen LogP contribution in [-0.4, -0.2) is 39.9 Å². The van der Waals surface area contributed by atoms with Crippen molar-refractivity contribution >= 4 is 11.6 Å². The summed E-state index contributed by atoms with van der Waals surface area (Å²) in [5.74, 6) is -0.614. The van der Waals surface area contributed by atoms with Crippen molar-refractivity contribution < 1.29 is 24.4 Å². The van der Waals surface area contributed by atoms with Gasteiger partial charge in [-0.25, -0.2) is 4.39 Å². The van der Waals surface area contributed by atoms with Crippen molar-refractivity contribution in [2.45, 2.75) is 30.6 Å². The van der Waals surface area contributed by atoms with Crippen LogP contribution in [0.2, 0.25) is 5.02 Å². The first-order valence-electron chi connectivity index (χ1n) is 5.32. The van der Waals surface area contributed by atoms with Gasteiger partial charge >= 0.3 is 0 Å². The van der Waals surface area contributed by atoms with Crippen LogP contribution in [-0.2, 0) is 4.74 Å². The number of ether oxygens (including phenoxy) is 1. The van der Waals surface area contributed by atoms with Gasteiger partial charge in [0.25, 0.3) is 0 Å². The van der Waals surface area contributed by atoms with E-state index in [1.165, 1.54) is 12.1 Å². The van der Waals surface area contributed by atoms with Gasteiger partial charge in [-0.3, -0.25) is 0 Å². The highest BCUT2D eigenvalue weighted by Crippen LogP contribution is 2.31. The zero-order chi connectivity index (χ0) is 13.4. The lowest BCUT2D eigenvalue weighted by molar-refractivity contribution is -0.0656. The highest BCUT2D eigenvalue weighted by atomic mass is 35.5. The summed E-state index contributed by atoms with van der Waals surface area (Å²) in [6.45, 7) is 0. The number of aliphatic hydroxyl groups excluding tert-OH is 3. The SMILES string of the molecule is N[C@@H]1O[C@H]([C@H](O)c2ccc(F)c(Cl)c2)[C@@H](O)[C@H]1O. The third-order valence-electron chi connectivity index (χ3n) is 2.93. The van der Waals surface area contributed by atoms with Gasteiger partial charge in [0.05, 0.1) is 5.02 Å². The topological polar surface area (TPSA) is 95.9 Å². The third-order valence-corrected chi connectivity index (χ3v) is 3.22. The summed E-state index contributed by atoms with van der Waals surface area (Å²) in [7, 11) is 0. The maximum absolute atomic E-state index is 13.0. The van der Waals surface area contributed by atoms with E-state index in [1.54, 1.807) is 0 Å². The lowest BCUT2D eigenvalue weighted by Gasteiger charge is -2.21. The van der Waals surface area contributed by atoms with Gasteiger partial charge in [-0.05, 0) is 17.7 Å². The highest BCUT2D eigenvalue weighted by molar-refractivity contribution is 6.30. The van der Waals surface area contributed by atoms with Gasteiger partial charge in [0.15, 0.2) is 0 Å². The van der Waals surface area contributed by atoms with E-state index in [0.29, 0.717) is 0 Å². The van der Waals surface area contributed by atoms with Crippen molar-refractivity contribution in [2.24, 2.45) is 5.73 Å². The molecule has 0 bridgehead atoms. The predicted octanol–water partition coefficient (Wildman–Crippen LogP) is -0.0821. The van der Waals surface area contributed by atoms with Crippen molar-refractivity contribution in [1.29, 1.82) is 0 Å². The number of rotatable bonds is 2. The molecule has 1 heterocycles. The molecule has 0 spiro atoms. The molecule has 1 fully saturated rings. The Bertz CT molecular complexity index is 447. The molecule has 1 saturated heterocycles. The average Bonchev–Trinajstić information content (AvgIpc) is 2.60. The molecule has 0 aliphatic carbocycles. The molecule has 100 valence electrons. The molecule has 1 aliphatic rings. The summed E-state index contributed by atoms with van der Waals surface area (Å²) in [6.07, 6.45) is -6.02. The van der Waals surface area contributed by atoms with Crippen molar-refractivity contribution in [1.82, 2.24) is 0 Å². The fourth-order valence-electron chi connectivity index (χ4n) is 1.88. The van der Waals surface area contributed by atoms with Crippen molar-refractivity contribution in [2.75, 3.05) is 0 Å². The highest BCUT2D eigenvalue weighted by Gasteiger charge is 2.44. The Morgan fingerprint density at radius 1 is 1.33 bits per heavy atom. The largest absolute Gasteiger partial charge is 0.387 e. The van der Waals surface area contributed by atoms with Crippen LogP contribution >= 0.6 is 11.6 Å². The molecule has 0 radical (unpaired) electrons. The monoisotopic (exact) mass is 277 g/mol. The van der Waals surface area contributed by atoms with Gasteiger partial charge in [-0.1, -0.05) is 17.7 Å². The van der Waals surface area contributed by atoms with Crippen LogP contribution in [0.5, 0.6) is 0 Å². The molecule has 0 amide bonds. The van der Waals surface area contributed by atoms with E-state index in [1.807, 2.05) is 0 Å². The van der Waals surface area contributed by atoms with Crippen LogP contribution < -0.4 is 5.73 Å². The van der Waals surface area contributed by atoms with E-state index in [2.05, 4.69) is 0 Å². The van der Waals surface area contributed by atoms with Crippen molar-refractivity contribution in [3.8, 4) is 0 Å². The Morgan fingerprint density at radius 3 is 2.50 bits per heavy atom. The van der Waals surface area contributed by atoms with Crippen LogP contribution in [0, 0.1) is 5.82 Å². The summed E-state index contributed by atoms with van der Waals surface area (Å²) in [6, 6.07) is 3.64. The first kappa shape index (κ1) is 13.7. The molecular formula is C11H13ClFNO4. The second kappa shape index (κ2) is 5.08. The predicted molar refractivity (Wildman–Crippen MR) is 61.2 cm³/mol. The van der Waals surface area contributed by atoms with Gasteiger partial charge in [0.2, 0.25) is 0 Å². The first-order valence-corrected chi connectivity index (χ1v) is 5.70. The molecule has 7 heteroatoms. The van der Waals surface area contributed by atoms with Gasteiger partial charge in [0, 0.05) is 0 Å². The Morgan fingerprint density at radius 2 is 2.00 bits per heavy atom. The average molecular weight is 278 g/mol. The number of hydrogen-bond donors (Lipinski definition) is 4. The molecule has 0 aromatic heterocycles. The molecule has 5 nitrogen and oxygen atoms in total. The Hall–Kier alpha value is -0.760. The van der Waals surface area contributed by atoms with E-state index in [0.717, 1.165) is 6.07 Å². The molecule has 5 N–H and O–H groups in total. The molecule has 0 unspecified atom stereocenters. The van der Waals surface area contributed by atoms with E-state index >= 15 is 0 Å². The van der Waals surface area contributed by atoms with Gasteiger partial charge in [-0.15, -0.1) is 0 Å². The van der Waals surface area contributed by atoms with Gasteiger partial charge in [-0.2, -0.15) is 0 Å². The number of hydrogen-bond acceptors (Lipinski definition) is 5. The van der Waals surface area contributed by atoms with E-state index in [-0.39, 0.29) is 10.6 Å². The summed E-state index contributed by atoms with van der Waals surface area (Å²) in [5, 5.41) is 29.0. The van der Waals surface area contributed by atoms with Crippen LogP contribution in [0.3, 0.4) is 0 Å². The quantitative estimate of drug-likeness (QED) is 0.606. The fraction of sp³-hybridized carbons (Fsp3) is 0.455. The zero-order valence-corrected chi connectivity index (χ0v) is 9.96. The van der Waals surface area contributed by atoms with Crippen molar-refractivity contribution in [3.05, 3.63) is 34.6 Å². The molecule has 18 heavy (non-hydrogen) atoms. The number of aliphatic hydroxyl groups is 3. The van der Waals surface area contributed by atoms with Crippen LogP contribution in [0.25, 0.3) is 0 Å². The maximum Gasteiger partial charge on any atom is 0.141 e. The maximum atomic E-state index is 13.0. The smallest absolute Gasteiger partial charge is 0.141 e. The molecule has 1 aromatic rings. The van der Waals surface area contributed by atoms with E-state index in [9.17, 15) is 19.7 Å². The van der Waals surface area contributed by atoms with E-state index < -0.39 is 36.5 Å². The molecule has 2 rings (SSSR count). The first-order chi connectivity index (χ1) is 8.41. The minimum absolute atomic E-state index is 0.149. The Kier molecular flexibility index (Phi) is 3.86. The summed E-state index contributed by atoms with van der Waals surface area (Å²) in [4.78, 5) is 0. The normalized spacial score (nSPS) is 33.7. The zero-order valence-electron chi connectivity index (χ0n) is 9.20. The minimum atomic E-state index is -1.32. The molecule has 5 atom stereocenters. The molecule has 1 aliphatic heterocycles. The van der Waals surface area contributed by atoms with E-state index in [4.69, 9.17) is 22.1 Å². The third kappa shape index (κ3) is 2.35. The lowest BCUT2D eigenvalue weighted by atomic mass is 9.99. The molecule has 0 saturated carbocycles. The molecule has 1 aromatic carbocycles. The van der Waals surface area contributed by atoms with Crippen LogP contribution in [0.4, 0.5) is 4.39 Å². The second-order valence-electron chi connectivity index (χ2n) is 4.16.